The first-order valence-electron chi connectivity index (χ1n) is 7.39. The van der Waals surface area contributed by atoms with Crippen LogP contribution in [0.25, 0.3) is 0 Å². The summed E-state index contributed by atoms with van der Waals surface area (Å²) in [6.07, 6.45) is 4.83. The van der Waals surface area contributed by atoms with Gasteiger partial charge in [-0.15, -0.1) is 0 Å². The van der Waals surface area contributed by atoms with E-state index in [4.69, 9.17) is 27.6 Å². The predicted octanol–water partition coefficient (Wildman–Crippen LogP) is 4.96. The molecule has 25 heavy (non-hydrogen) atoms. The van der Waals surface area contributed by atoms with Crippen molar-refractivity contribution in [1.29, 1.82) is 0 Å². The lowest BCUT2D eigenvalue weighted by Crippen LogP contribution is -2.30. The number of furan rings is 1. The number of aromatic nitrogens is 1. The molecule has 0 atom stereocenters. The van der Waals surface area contributed by atoms with Gasteiger partial charge in [-0.1, -0.05) is 29.3 Å². The van der Waals surface area contributed by atoms with Crippen molar-refractivity contribution in [1.82, 2.24) is 9.88 Å². The maximum Gasteiger partial charge on any atom is 0.256 e. The zero-order valence-corrected chi connectivity index (χ0v) is 14.5. The van der Waals surface area contributed by atoms with E-state index in [0.29, 0.717) is 5.76 Å². The van der Waals surface area contributed by atoms with E-state index < -0.39 is 11.7 Å². The first-order chi connectivity index (χ1) is 12.0. The highest BCUT2D eigenvalue weighted by Gasteiger charge is 2.22. The van der Waals surface area contributed by atoms with E-state index in [0.717, 1.165) is 11.6 Å². The van der Waals surface area contributed by atoms with Crippen molar-refractivity contribution in [3.8, 4) is 0 Å². The normalized spacial score (nSPS) is 10.7. The monoisotopic (exact) mass is 378 g/mol. The fourth-order valence-corrected chi connectivity index (χ4v) is 2.82. The molecule has 7 heteroatoms. The largest absolute Gasteiger partial charge is 0.467 e. The molecule has 0 N–H and O–H groups in total. The van der Waals surface area contributed by atoms with Gasteiger partial charge < -0.3 is 9.32 Å². The molecule has 3 rings (SSSR count). The molecule has 0 aliphatic carbocycles. The molecule has 0 aliphatic rings. The zero-order chi connectivity index (χ0) is 17.8. The smallest absolute Gasteiger partial charge is 0.256 e. The summed E-state index contributed by atoms with van der Waals surface area (Å²) in [7, 11) is 0. The van der Waals surface area contributed by atoms with Crippen molar-refractivity contribution in [2.75, 3.05) is 0 Å². The molecular formula is C18H13Cl2FN2O2. The third kappa shape index (κ3) is 4.18. The Morgan fingerprint density at radius 2 is 2.00 bits per heavy atom. The van der Waals surface area contributed by atoms with Gasteiger partial charge in [-0.25, -0.2) is 4.39 Å². The van der Waals surface area contributed by atoms with E-state index in [9.17, 15) is 9.18 Å². The average Bonchev–Trinajstić information content (AvgIpc) is 3.11. The summed E-state index contributed by atoms with van der Waals surface area (Å²) in [5.74, 6) is -0.530. The molecule has 2 aromatic heterocycles. The number of rotatable bonds is 5. The Morgan fingerprint density at radius 3 is 2.68 bits per heavy atom. The molecule has 0 fully saturated rings. The van der Waals surface area contributed by atoms with E-state index in [1.165, 1.54) is 17.2 Å². The maximum absolute atomic E-state index is 13.8. The average molecular weight is 379 g/mol. The fourth-order valence-electron chi connectivity index (χ4n) is 2.36. The molecule has 0 radical (unpaired) electrons. The Bertz CT molecular complexity index is 870. The molecule has 0 aliphatic heterocycles. The third-order valence-electron chi connectivity index (χ3n) is 3.55. The molecular weight excluding hydrogens is 366 g/mol. The van der Waals surface area contributed by atoms with Crippen LogP contribution < -0.4 is 0 Å². The minimum atomic E-state index is -0.700. The summed E-state index contributed by atoms with van der Waals surface area (Å²) in [5, 5.41) is -0.0431. The predicted molar refractivity (Wildman–Crippen MR) is 92.9 cm³/mol. The van der Waals surface area contributed by atoms with Crippen molar-refractivity contribution >= 4 is 29.1 Å². The lowest BCUT2D eigenvalue weighted by Gasteiger charge is -2.22. The molecule has 0 saturated heterocycles. The van der Waals surface area contributed by atoms with Crippen LogP contribution >= 0.6 is 23.2 Å². The van der Waals surface area contributed by atoms with Gasteiger partial charge >= 0.3 is 0 Å². The zero-order valence-electron chi connectivity index (χ0n) is 13.0. The molecule has 2 heterocycles. The Morgan fingerprint density at radius 1 is 1.16 bits per heavy atom. The number of pyridine rings is 1. The number of carbonyl (C=O) groups is 1. The van der Waals surface area contributed by atoms with Crippen molar-refractivity contribution in [3.63, 3.8) is 0 Å². The highest BCUT2D eigenvalue weighted by Crippen LogP contribution is 2.26. The minimum absolute atomic E-state index is 0.0408. The van der Waals surface area contributed by atoms with Gasteiger partial charge in [0.1, 0.15) is 11.6 Å². The molecule has 128 valence electrons. The van der Waals surface area contributed by atoms with E-state index in [2.05, 4.69) is 4.98 Å². The van der Waals surface area contributed by atoms with Gasteiger partial charge in [0.25, 0.3) is 5.91 Å². The number of hydrogen-bond donors (Lipinski definition) is 0. The van der Waals surface area contributed by atoms with Crippen LogP contribution in [0.5, 0.6) is 0 Å². The summed E-state index contributed by atoms with van der Waals surface area (Å²) in [6.45, 7) is 0.481. The number of carbonyl (C=O) groups excluding carboxylic acids is 1. The Hall–Kier alpha value is -2.37. The second-order valence-corrected chi connectivity index (χ2v) is 6.16. The maximum atomic E-state index is 13.8. The van der Waals surface area contributed by atoms with E-state index in [1.54, 1.807) is 30.6 Å². The van der Waals surface area contributed by atoms with Crippen LogP contribution in [0, 0.1) is 5.82 Å². The van der Waals surface area contributed by atoms with Crippen molar-refractivity contribution in [3.05, 3.63) is 87.8 Å². The number of nitrogens with zero attached hydrogens (tertiary/aromatic N) is 2. The standard InChI is InChI=1S/C18H13Cl2FN2O2/c19-15-8-16(20)17(21)7-14(15)18(24)23(11-13-4-2-6-25-13)10-12-3-1-5-22-9-12/h1-9H,10-11H2. The summed E-state index contributed by atoms with van der Waals surface area (Å²) >= 11 is 11.8. The van der Waals surface area contributed by atoms with Crippen LogP contribution in [-0.4, -0.2) is 15.8 Å². The van der Waals surface area contributed by atoms with Gasteiger partial charge in [-0.05, 0) is 35.9 Å². The third-order valence-corrected chi connectivity index (χ3v) is 4.15. The SMILES string of the molecule is O=C(c1cc(F)c(Cl)cc1Cl)N(Cc1cccnc1)Cc1ccco1. The first-order valence-corrected chi connectivity index (χ1v) is 8.15. The fraction of sp³-hybridized carbons (Fsp3) is 0.111. The lowest BCUT2D eigenvalue weighted by molar-refractivity contribution is 0.0717. The lowest BCUT2D eigenvalue weighted by atomic mass is 10.1. The van der Waals surface area contributed by atoms with Gasteiger partial charge in [0.15, 0.2) is 0 Å². The highest BCUT2D eigenvalue weighted by atomic mass is 35.5. The van der Waals surface area contributed by atoms with Crippen molar-refractivity contribution < 1.29 is 13.6 Å². The second kappa shape index (κ2) is 7.68. The highest BCUT2D eigenvalue weighted by molar-refractivity contribution is 6.36. The van der Waals surface area contributed by atoms with Crippen LogP contribution in [0.3, 0.4) is 0 Å². The quantitative estimate of drug-likeness (QED) is 0.589. The van der Waals surface area contributed by atoms with E-state index in [1.807, 2.05) is 6.07 Å². The summed E-state index contributed by atoms with van der Waals surface area (Å²) in [6, 6.07) is 9.38. The van der Waals surface area contributed by atoms with Crippen molar-refractivity contribution in [2.45, 2.75) is 13.1 Å². The van der Waals surface area contributed by atoms with Crippen LogP contribution in [-0.2, 0) is 13.1 Å². The summed E-state index contributed by atoms with van der Waals surface area (Å²) < 4.78 is 19.1. The van der Waals surface area contributed by atoms with Crippen LogP contribution in [0.1, 0.15) is 21.7 Å². The van der Waals surface area contributed by atoms with Gasteiger partial charge in [-0.3, -0.25) is 9.78 Å². The Kier molecular flexibility index (Phi) is 5.36. The molecule has 3 aromatic rings. The minimum Gasteiger partial charge on any atom is -0.467 e. The van der Waals surface area contributed by atoms with E-state index >= 15 is 0 Å². The number of benzene rings is 1. The molecule has 1 amide bonds. The van der Waals surface area contributed by atoms with Crippen LogP contribution in [0.15, 0.2) is 59.5 Å². The Balaban J connectivity index is 1.92. The van der Waals surface area contributed by atoms with Gasteiger partial charge in [0.05, 0.1) is 28.4 Å². The first kappa shape index (κ1) is 17.5. The molecule has 1 aromatic carbocycles. The number of amides is 1. The van der Waals surface area contributed by atoms with E-state index in [-0.39, 0.29) is 28.7 Å². The van der Waals surface area contributed by atoms with Gasteiger partial charge in [0, 0.05) is 18.9 Å². The number of hydrogen-bond acceptors (Lipinski definition) is 3. The molecule has 4 nitrogen and oxygen atoms in total. The molecule has 0 spiro atoms. The molecule has 0 unspecified atom stereocenters. The van der Waals surface area contributed by atoms with Gasteiger partial charge in [-0.2, -0.15) is 0 Å². The Labute approximate surface area is 153 Å². The second-order valence-electron chi connectivity index (χ2n) is 5.35. The number of halogens is 3. The summed E-state index contributed by atoms with van der Waals surface area (Å²) in [5.41, 5.74) is 0.868. The van der Waals surface area contributed by atoms with Gasteiger partial charge in [0.2, 0.25) is 0 Å². The van der Waals surface area contributed by atoms with Crippen LogP contribution in [0.2, 0.25) is 10.0 Å². The van der Waals surface area contributed by atoms with Crippen LogP contribution in [0.4, 0.5) is 4.39 Å². The summed E-state index contributed by atoms with van der Waals surface area (Å²) in [4.78, 5) is 18.5. The molecule has 0 saturated carbocycles. The topological polar surface area (TPSA) is 46.3 Å². The van der Waals surface area contributed by atoms with Crippen molar-refractivity contribution in [2.24, 2.45) is 0 Å². The molecule has 0 bridgehead atoms.